The lowest BCUT2D eigenvalue weighted by molar-refractivity contribution is -0.122. The molecule has 0 saturated carbocycles. The molecule has 1 aromatic rings. The lowest BCUT2D eigenvalue weighted by atomic mass is 10.1. The summed E-state index contributed by atoms with van der Waals surface area (Å²) in [6, 6.07) is 9.35. The second-order valence-electron chi connectivity index (χ2n) is 5.34. The SMILES string of the molecule is Cl.O=C(CCCNC(=O)c1ccccc1)NC1CCCNC1. The highest BCUT2D eigenvalue weighted by molar-refractivity contribution is 5.94. The van der Waals surface area contributed by atoms with E-state index in [4.69, 9.17) is 0 Å². The molecule has 0 bridgehead atoms. The Morgan fingerprint density at radius 2 is 2.00 bits per heavy atom. The van der Waals surface area contributed by atoms with E-state index in [-0.39, 0.29) is 30.3 Å². The minimum absolute atomic E-state index is 0. The van der Waals surface area contributed by atoms with Crippen molar-refractivity contribution < 1.29 is 9.59 Å². The highest BCUT2D eigenvalue weighted by Gasteiger charge is 2.14. The zero-order chi connectivity index (χ0) is 14.9. The van der Waals surface area contributed by atoms with E-state index in [0.717, 1.165) is 25.9 Å². The lowest BCUT2D eigenvalue weighted by Gasteiger charge is -2.23. The lowest BCUT2D eigenvalue weighted by Crippen LogP contribution is -2.45. The predicted molar refractivity (Wildman–Crippen MR) is 89.3 cm³/mol. The van der Waals surface area contributed by atoms with E-state index in [0.29, 0.717) is 24.9 Å². The zero-order valence-electron chi connectivity index (χ0n) is 12.6. The average Bonchev–Trinajstić information content (AvgIpc) is 2.53. The molecule has 3 N–H and O–H groups in total. The molecule has 0 radical (unpaired) electrons. The highest BCUT2D eigenvalue weighted by Crippen LogP contribution is 2.02. The van der Waals surface area contributed by atoms with E-state index in [9.17, 15) is 9.59 Å². The molecule has 122 valence electrons. The molecule has 1 atom stereocenters. The minimum atomic E-state index is -0.0903. The normalized spacial score (nSPS) is 17.2. The molecule has 0 aliphatic carbocycles. The third kappa shape index (κ3) is 6.45. The van der Waals surface area contributed by atoms with Crippen LogP contribution in [0.2, 0.25) is 0 Å². The number of piperidine rings is 1. The molecule has 1 saturated heterocycles. The fourth-order valence-corrected chi connectivity index (χ4v) is 2.42. The molecule has 0 aromatic heterocycles. The van der Waals surface area contributed by atoms with Gasteiger partial charge in [-0.05, 0) is 37.9 Å². The Bertz CT molecular complexity index is 462. The van der Waals surface area contributed by atoms with Gasteiger partial charge in [-0.15, -0.1) is 12.4 Å². The summed E-state index contributed by atoms with van der Waals surface area (Å²) in [7, 11) is 0. The standard InChI is InChI=1S/C16H23N3O2.ClH/c20-15(19-14-8-4-10-17-12-14)9-5-11-18-16(21)13-6-2-1-3-7-13;/h1-3,6-7,14,17H,4-5,8-12H2,(H,18,21)(H,19,20);1H. The number of hydrogen-bond acceptors (Lipinski definition) is 3. The molecule has 1 aliphatic heterocycles. The second-order valence-corrected chi connectivity index (χ2v) is 5.34. The highest BCUT2D eigenvalue weighted by atomic mass is 35.5. The molecule has 1 unspecified atom stereocenters. The van der Waals surface area contributed by atoms with Crippen LogP contribution in [0.25, 0.3) is 0 Å². The van der Waals surface area contributed by atoms with Gasteiger partial charge in [0.2, 0.25) is 5.91 Å². The van der Waals surface area contributed by atoms with Crippen molar-refractivity contribution in [3.8, 4) is 0 Å². The van der Waals surface area contributed by atoms with Gasteiger partial charge in [0.1, 0.15) is 0 Å². The van der Waals surface area contributed by atoms with Crippen LogP contribution in [-0.2, 0) is 4.79 Å². The largest absolute Gasteiger partial charge is 0.352 e. The van der Waals surface area contributed by atoms with E-state index in [1.807, 2.05) is 18.2 Å². The van der Waals surface area contributed by atoms with Crippen LogP contribution in [0, 0.1) is 0 Å². The van der Waals surface area contributed by atoms with Crippen molar-refractivity contribution in [3.63, 3.8) is 0 Å². The van der Waals surface area contributed by atoms with Gasteiger partial charge in [-0.1, -0.05) is 18.2 Å². The molecule has 5 nitrogen and oxygen atoms in total. The van der Waals surface area contributed by atoms with Crippen LogP contribution >= 0.6 is 12.4 Å². The van der Waals surface area contributed by atoms with Gasteiger partial charge < -0.3 is 16.0 Å². The molecule has 6 heteroatoms. The summed E-state index contributed by atoms with van der Waals surface area (Å²) in [5.74, 6) is -0.0230. The molecule has 1 fully saturated rings. The summed E-state index contributed by atoms with van der Waals surface area (Å²) in [6.07, 6.45) is 3.26. The molecule has 0 spiro atoms. The van der Waals surface area contributed by atoms with Gasteiger partial charge in [-0.2, -0.15) is 0 Å². The number of rotatable bonds is 6. The maximum atomic E-state index is 11.8. The van der Waals surface area contributed by atoms with Gasteiger partial charge in [0.05, 0.1) is 0 Å². The zero-order valence-corrected chi connectivity index (χ0v) is 13.5. The van der Waals surface area contributed by atoms with Crippen molar-refractivity contribution in [2.24, 2.45) is 0 Å². The summed E-state index contributed by atoms with van der Waals surface area (Å²) < 4.78 is 0. The Kier molecular flexibility index (Phi) is 8.55. The van der Waals surface area contributed by atoms with Gasteiger partial charge in [0, 0.05) is 31.1 Å². The maximum Gasteiger partial charge on any atom is 0.251 e. The fourth-order valence-electron chi connectivity index (χ4n) is 2.42. The van der Waals surface area contributed by atoms with Crippen LogP contribution < -0.4 is 16.0 Å². The smallest absolute Gasteiger partial charge is 0.251 e. The van der Waals surface area contributed by atoms with Crippen LogP contribution in [0.5, 0.6) is 0 Å². The van der Waals surface area contributed by atoms with Crippen molar-refractivity contribution >= 4 is 24.2 Å². The number of carbonyl (C=O) groups excluding carboxylic acids is 2. The Morgan fingerprint density at radius 3 is 2.68 bits per heavy atom. The second kappa shape index (κ2) is 10.2. The van der Waals surface area contributed by atoms with Crippen molar-refractivity contribution in [3.05, 3.63) is 35.9 Å². The van der Waals surface area contributed by atoms with Gasteiger partial charge in [0.15, 0.2) is 0 Å². The van der Waals surface area contributed by atoms with Crippen LogP contribution in [0.15, 0.2) is 30.3 Å². The molecule has 22 heavy (non-hydrogen) atoms. The number of halogens is 1. The molecule has 2 rings (SSSR count). The maximum absolute atomic E-state index is 11.8. The summed E-state index contributed by atoms with van der Waals surface area (Å²) in [6.45, 7) is 2.42. The van der Waals surface area contributed by atoms with Crippen LogP contribution in [0.1, 0.15) is 36.0 Å². The topological polar surface area (TPSA) is 70.2 Å². The van der Waals surface area contributed by atoms with E-state index in [1.54, 1.807) is 12.1 Å². The molecule has 1 aliphatic rings. The quantitative estimate of drug-likeness (QED) is 0.694. The summed E-state index contributed by atoms with van der Waals surface area (Å²) >= 11 is 0. The Hall–Kier alpha value is -1.59. The Balaban J connectivity index is 0.00000242. The van der Waals surface area contributed by atoms with Crippen molar-refractivity contribution in [2.75, 3.05) is 19.6 Å². The van der Waals surface area contributed by atoms with Crippen LogP contribution in [0.4, 0.5) is 0 Å². The van der Waals surface area contributed by atoms with E-state index < -0.39 is 0 Å². The van der Waals surface area contributed by atoms with E-state index in [2.05, 4.69) is 16.0 Å². The number of amides is 2. The minimum Gasteiger partial charge on any atom is -0.352 e. The number of hydrogen-bond donors (Lipinski definition) is 3. The first-order chi connectivity index (χ1) is 10.3. The molecule has 1 aromatic carbocycles. The van der Waals surface area contributed by atoms with E-state index in [1.165, 1.54) is 0 Å². The molecule has 2 amide bonds. The van der Waals surface area contributed by atoms with Crippen molar-refractivity contribution in [1.82, 2.24) is 16.0 Å². The van der Waals surface area contributed by atoms with E-state index >= 15 is 0 Å². The number of carbonyl (C=O) groups is 2. The number of benzene rings is 1. The molecule has 1 heterocycles. The monoisotopic (exact) mass is 325 g/mol. The van der Waals surface area contributed by atoms with Crippen LogP contribution in [0.3, 0.4) is 0 Å². The van der Waals surface area contributed by atoms with Crippen molar-refractivity contribution in [2.45, 2.75) is 31.7 Å². The first-order valence-corrected chi connectivity index (χ1v) is 7.59. The first-order valence-electron chi connectivity index (χ1n) is 7.59. The summed E-state index contributed by atoms with van der Waals surface area (Å²) in [5.41, 5.74) is 0.648. The number of nitrogens with one attached hydrogen (secondary N) is 3. The average molecular weight is 326 g/mol. The third-order valence-electron chi connectivity index (χ3n) is 3.56. The van der Waals surface area contributed by atoms with Crippen molar-refractivity contribution in [1.29, 1.82) is 0 Å². The predicted octanol–water partition coefficient (Wildman–Crippen LogP) is 1.49. The Morgan fingerprint density at radius 1 is 1.23 bits per heavy atom. The molecular formula is C16H24ClN3O2. The third-order valence-corrected chi connectivity index (χ3v) is 3.56. The first kappa shape index (κ1) is 18.5. The fraction of sp³-hybridized carbons (Fsp3) is 0.500. The molecular weight excluding hydrogens is 302 g/mol. The summed E-state index contributed by atoms with van der Waals surface area (Å²) in [5, 5.41) is 9.12. The van der Waals surface area contributed by atoms with Gasteiger partial charge in [-0.25, -0.2) is 0 Å². The van der Waals surface area contributed by atoms with Gasteiger partial charge >= 0.3 is 0 Å². The van der Waals surface area contributed by atoms with Gasteiger partial charge in [0.25, 0.3) is 5.91 Å². The van der Waals surface area contributed by atoms with Crippen LogP contribution in [-0.4, -0.2) is 37.5 Å². The van der Waals surface area contributed by atoms with Gasteiger partial charge in [-0.3, -0.25) is 9.59 Å². The Labute approximate surface area is 137 Å². The summed E-state index contributed by atoms with van der Waals surface area (Å²) in [4.78, 5) is 23.6.